The molecule has 4 aromatic rings. The fourth-order valence-electron chi connectivity index (χ4n) is 4.67. The van der Waals surface area contributed by atoms with Gasteiger partial charge >= 0.3 is 0 Å². The van der Waals surface area contributed by atoms with E-state index in [1.54, 1.807) is 10.7 Å². The van der Waals surface area contributed by atoms with Crippen molar-refractivity contribution < 1.29 is 5.84 Å². The second-order valence-corrected chi connectivity index (χ2v) is 9.05. The first-order valence-electron chi connectivity index (χ1n) is 11.6. The molecule has 0 bridgehead atoms. The number of nitrogens with zero attached hydrogens (tertiary/aromatic N) is 3. The van der Waals surface area contributed by atoms with Crippen molar-refractivity contribution in [3.05, 3.63) is 104 Å². The van der Waals surface area contributed by atoms with Crippen LogP contribution in [0.25, 0.3) is 22.6 Å². The number of aryl methyl sites for hydroxylation is 2. The third-order valence-electron chi connectivity index (χ3n) is 6.40. The first-order chi connectivity index (χ1) is 16.9. The topological polar surface area (TPSA) is 83.8 Å². The fourth-order valence-corrected chi connectivity index (χ4v) is 4.67. The van der Waals surface area contributed by atoms with Crippen molar-refractivity contribution in [2.24, 2.45) is 7.05 Å². The lowest BCUT2D eigenvalue weighted by Crippen LogP contribution is -2.13. The lowest BCUT2D eigenvalue weighted by molar-refractivity contribution is 0.575. The molecule has 0 unspecified atom stereocenters. The summed E-state index contributed by atoms with van der Waals surface area (Å²) in [7, 11) is 1.90. The number of benzene rings is 2. The molecular weight excluding hydrogens is 436 g/mol. The molecule has 0 fully saturated rings. The summed E-state index contributed by atoms with van der Waals surface area (Å²) < 4.78 is 8.34. The van der Waals surface area contributed by atoms with Gasteiger partial charge in [-0.1, -0.05) is 30.4 Å². The molecule has 6 nitrogen and oxygen atoms in total. The van der Waals surface area contributed by atoms with Crippen molar-refractivity contribution >= 4 is 28.3 Å². The smallest absolute Gasteiger partial charge is 0.196 e. The van der Waals surface area contributed by atoms with Crippen LogP contribution in [0.5, 0.6) is 0 Å². The van der Waals surface area contributed by atoms with E-state index in [0.29, 0.717) is 27.9 Å². The Bertz CT molecular complexity index is 1640. The van der Waals surface area contributed by atoms with Crippen LogP contribution in [-0.2, 0) is 13.5 Å². The van der Waals surface area contributed by atoms with Crippen molar-refractivity contribution in [1.29, 1.82) is 5.26 Å². The van der Waals surface area contributed by atoms with E-state index in [9.17, 15) is 10.1 Å². The average Bonchev–Trinajstić information content (AvgIpc) is 3.08. The molecule has 0 aliphatic heterocycles. The summed E-state index contributed by atoms with van der Waals surface area (Å²) in [4.78, 5) is 13.5. The van der Waals surface area contributed by atoms with Crippen LogP contribution < -0.4 is 10.7 Å². The number of fused-ring (bicyclic) bond motifs is 2. The summed E-state index contributed by atoms with van der Waals surface area (Å²) in [6, 6.07) is 13.3. The lowest BCUT2D eigenvalue weighted by Gasteiger charge is -2.19. The lowest BCUT2D eigenvalue weighted by atomic mass is 9.98. The molecule has 0 spiro atoms. The third-order valence-corrected chi connectivity index (χ3v) is 6.40. The molecular formula is C29H28N4O2. The van der Waals surface area contributed by atoms with Crippen molar-refractivity contribution in [1.82, 2.24) is 9.78 Å². The van der Waals surface area contributed by atoms with Gasteiger partial charge in [0.1, 0.15) is 17.4 Å². The Morgan fingerprint density at radius 2 is 2.06 bits per heavy atom. The van der Waals surface area contributed by atoms with E-state index >= 15 is 0 Å². The maximum atomic E-state index is 13.5. The molecule has 0 saturated heterocycles. The van der Waals surface area contributed by atoms with Crippen molar-refractivity contribution in [3.63, 3.8) is 0 Å². The molecule has 1 aliphatic carbocycles. The minimum atomic E-state index is -0.200. The summed E-state index contributed by atoms with van der Waals surface area (Å²) >= 11 is 0. The number of hydrogen-bond acceptors (Lipinski definition) is 5. The van der Waals surface area contributed by atoms with Gasteiger partial charge in [-0.2, -0.15) is 10.4 Å². The van der Waals surface area contributed by atoms with Crippen molar-refractivity contribution in [2.75, 3.05) is 5.32 Å². The first-order valence-corrected chi connectivity index (χ1v) is 11.6. The predicted octanol–water partition coefficient (Wildman–Crippen LogP) is 6.09. The molecule has 0 amide bonds. The van der Waals surface area contributed by atoms with E-state index in [4.69, 9.17) is 4.42 Å². The van der Waals surface area contributed by atoms with E-state index in [1.165, 1.54) is 0 Å². The second-order valence-electron chi connectivity index (χ2n) is 9.05. The van der Waals surface area contributed by atoms with Crippen LogP contribution in [0.15, 0.2) is 64.0 Å². The standard InChI is InChI=1S/C29H26N4O2.H2/c1-17-12-23(19(3)31-25-10-6-5-8-21(25)15-30)29-24(13-17)27(34)18(2)28(35-29)20-9-7-11-26-22(14-20)16-33(4)32-26;/h5-10,12-14,16,19,31H,11H2,1-4H3;1H/t19-;/m1./s1. The van der Waals surface area contributed by atoms with E-state index in [2.05, 4.69) is 16.5 Å². The highest BCUT2D eigenvalue weighted by Crippen LogP contribution is 2.33. The van der Waals surface area contributed by atoms with Gasteiger partial charge in [0.15, 0.2) is 5.43 Å². The number of para-hydroxylation sites is 1. The Morgan fingerprint density at radius 3 is 2.86 bits per heavy atom. The molecule has 1 aliphatic rings. The third kappa shape index (κ3) is 4.06. The summed E-state index contributed by atoms with van der Waals surface area (Å²) in [6.45, 7) is 5.80. The van der Waals surface area contributed by atoms with E-state index < -0.39 is 0 Å². The van der Waals surface area contributed by atoms with Gasteiger partial charge in [0, 0.05) is 43.4 Å². The second kappa shape index (κ2) is 8.77. The van der Waals surface area contributed by atoms with E-state index in [1.807, 2.05) is 82.6 Å². The Hall–Kier alpha value is -4.37. The van der Waals surface area contributed by atoms with Crippen LogP contribution in [0.2, 0.25) is 0 Å². The Morgan fingerprint density at radius 1 is 1.26 bits per heavy atom. The quantitative estimate of drug-likeness (QED) is 0.395. The zero-order valence-corrected chi connectivity index (χ0v) is 20.2. The predicted molar refractivity (Wildman–Crippen MR) is 141 cm³/mol. The van der Waals surface area contributed by atoms with Crippen molar-refractivity contribution in [3.8, 4) is 6.07 Å². The number of hydrogen-bond donors (Lipinski definition) is 1. The first kappa shape index (κ1) is 22.4. The van der Waals surface area contributed by atoms with Gasteiger partial charge in [-0.15, -0.1) is 0 Å². The minimum Gasteiger partial charge on any atom is -0.455 e. The molecule has 2 heterocycles. The number of allylic oxidation sites excluding steroid dienone is 3. The molecule has 1 atom stereocenters. The van der Waals surface area contributed by atoms with Gasteiger partial charge in [0.05, 0.1) is 28.4 Å². The number of aromatic nitrogens is 2. The molecule has 2 aromatic carbocycles. The number of nitrogens with one attached hydrogen (secondary N) is 1. The molecule has 1 N–H and O–H groups in total. The Balaban J connectivity index is 0.00000304. The molecule has 2 aromatic heterocycles. The van der Waals surface area contributed by atoms with Crippen LogP contribution >= 0.6 is 0 Å². The zero-order chi connectivity index (χ0) is 24.7. The molecule has 0 radical (unpaired) electrons. The summed E-state index contributed by atoms with van der Waals surface area (Å²) in [5, 5.41) is 18.0. The van der Waals surface area contributed by atoms with Crippen LogP contribution in [0.3, 0.4) is 0 Å². The highest BCUT2D eigenvalue weighted by molar-refractivity contribution is 5.91. The largest absolute Gasteiger partial charge is 0.455 e. The van der Waals surface area contributed by atoms with Gasteiger partial charge in [0.25, 0.3) is 0 Å². The SMILES string of the molecule is Cc1cc([C@@H](C)Nc2ccccc2C#N)c2oc(C3=Cc4cn(C)nc4CC=C3)c(C)c(=O)c2c1.[HH]. The van der Waals surface area contributed by atoms with E-state index in [0.717, 1.165) is 40.1 Å². The molecule has 176 valence electrons. The monoisotopic (exact) mass is 464 g/mol. The number of rotatable bonds is 4. The average molecular weight is 465 g/mol. The van der Waals surface area contributed by atoms with E-state index in [-0.39, 0.29) is 12.9 Å². The van der Waals surface area contributed by atoms with Gasteiger partial charge in [-0.05, 0) is 50.6 Å². The number of nitriles is 1. The molecule has 6 heteroatoms. The Labute approximate surface area is 205 Å². The Kier molecular flexibility index (Phi) is 5.62. The van der Waals surface area contributed by atoms with Gasteiger partial charge in [-0.25, -0.2) is 0 Å². The van der Waals surface area contributed by atoms with Crippen LogP contribution in [0, 0.1) is 25.2 Å². The minimum absolute atomic E-state index is 0. The molecule has 0 saturated carbocycles. The summed E-state index contributed by atoms with van der Waals surface area (Å²) in [5.74, 6) is 0.560. The van der Waals surface area contributed by atoms with Crippen LogP contribution in [-0.4, -0.2) is 9.78 Å². The maximum absolute atomic E-state index is 13.5. The van der Waals surface area contributed by atoms with Crippen molar-refractivity contribution in [2.45, 2.75) is 33.2 Å². The summed E-state index contributed by atoms with van der Waals surface area (Å²) in [6.07, 6.45) is 8.77. The summed E-state index contributed by atoms with van der Waals surface area (Å²) in [5.41, 5.74) is 7.09. The van der Waals surface area contributed by atoms with Crippen LogP contribution in [0.4, 0.5) is 5.69 Å². The normalized spacial score (nSPS) is 13.6. The van der Waals surface area contributed by atoms with Gasteiger partial charge in [0.2, 0.25) is 0 Å². The maximum Gasteiger partial charge on any atom is 0.196 e. The zero-order valence-electron chi connectivity index (χ0n) is 20.2. The molecule has 35 heavy (non-hydrogen) atoms. The highest BCUT2D eigenvalue weighted by Gasteiger charge is 2.21. The van der Waals surface area contributed by atoms with Gasteiger partial charge < -0.3 is 9.73 Å². The number of anilines is 1. The molecule has 5 rings (SSSR count). The van der Waals surface area contributed by atoms with Crippen LogP contribution in [0.1, 0.15) is 53.7 Å². The van der Waals surface area contributed by atoms with Gasteiger partial charge in [-0.3, -0.25) is 9.48 Å². The fraction of sp³-hybridized carbons (Fsp3) is 0.207. The highest BCUT2D eigenvalue weighted by atomic mass is 16.3.